The van der Waals surface area contributed by atoms with Crippen molar-refractivity contribution < 1.29 is 0 Å². The Labute approximate surface area is 121 Å². The monoisotopic (exact) mass is 296 g/mol. The molecule has 0 amide bonds. The van der Waals surface area contributed by atoms with E-state index in [2.05, 4.69) is 4.98 Å². The molecule has 1 saturated carbocycles. The smallest absolute Gasteiger partial charge is 0.259 e. The number of thiazole rings is 1. The van der Waals surface area contributed by atoms with Gasteiger partial charge in [0.15, 0.2) is 4.96 Å². The second-order valence-electron chi connectivity index (χ2n) is 5.25. The van der Waals surface area contributed by atoms with E-state index >= 15 is 0 Å². The summed E-state index contributed by atoms with van der Waals surface area (Å²) >= 11 is 7.46. The van der Waals surface area contributed by atoms with E-state index in [0.717, 1.165) is 4.96 Å². The minimum Gasteiger partial charge on any atom is -0.269 e. The molecule has 0 atom stereocenters. The van der Waals surface area contributed by atoms with Crippen LogP contribution in [0.4, 0.5) is 0 Å². The zero-order valence-electron chi connectivity index (χ0n) is 10.8. The quantitative estimate of drug-likeness (QED) is 0.738. The van der Waals surface area contributed by atoms with Crippen molar-refractivity contribution in [3.63, 3.8) is 0 Å². The van der Waals surface area contributed by atoms with Crippen LogP contribution in [0.5, 0.6) is 0 Å². The third-order valence-electron chi connectivity index (χ3n) is 3.86. The van der Waals surface area contributed by atoms with Crippen molar-refractivity contribution in [2.75, 3.05) is 0 Å². The first-order valence-corrected chi connectivity index (χ1v) is 8.12. The molecule has 0 spiro atoms. The molecule has 1 aliphatic carbocycles. The highest BCUT2D eigenvalue weighted by molar-refractivity contribution is 7.17. The van der Waals surface area contributed by atoms with Gasteiger partial charge >= 0.3 is 0 Å². The third-order valence-corrected chi connectivity index (χ3v) is 5.20. The van der Waals surface area contributed by atoms with Gasteiger partial charge < -0.3 is 0 Å². The molecule has 0 unspecified atom stereocenters. The zero-order chi connectivity index (χ0) is 13.2. The van der Waals surface area contributed by atoms with Gasteiger partial charge in [-0.15, -0.1) is 11.3 Å². The number of nitrogens with zero attached hydrogens (tertiary/aromatic N) is 2. The first-order chi connectivity index (χ1) is 9.24. The van der Waals surface area contributed by atoms with Gasteiger partial charge in [-0.2, -0.15) is 0 Å². The van der Waals surface area contributed by atoms with Crippen molar-refractivity contribution in [3.05, 3.63) is 32.6 Å². The highest BCUT2D eigenvalue weighted by atomic mass is 35.5. The predicted octanol–water partition coefficient (Wildman–Crippen LogP) is 4.24. The van der Waals surface area contributed by atoms with Gasteiger partial charge in [0.25, 0.3) is 5.56 Å². The number of aromatic nitrogens is 2. The molecule has 102 valence electrons. The van der Waals surface area contributed by atoms with E-state index in [1.165, 1.54) is 55.9 Å². The Bertz CT molecular complexity index is 626. The van der Waals surface area contributed by atoms with Crippen molar-refractivity contribution in [2.24, 2.45) is 0 Å². The van der Waals surface area contributed by atoms with Crippen LogP contribution in [0, 0.1) is 0 Å². The highest BCUT2D eigenvalue weighted by Gasteiger charge is 2.17. The lowest BCUT2D eigenvalue weighted by molar-refractivity contribution is 0.459. The van der Waals surface area contributed by atoms with Gasteiger partial charge in [-0.25, -0.2) is 4.98 Å². The molecule has 0 bridgehead atoms. The number of hydrogen-bond acceptors (Lipinski definition) is 3. The van der Waals surface area contributed by atoms with Crippen LogP contribution in [0.2, 0.25) is 5.15 Å². The van der Waals surface area contributed by atoms with E-state index in [4.69, 9.17) is 11.6 Å². The topological polar surface area (TPSA) is 34.4 Å². The van der Waals surface area contributed by atoms with Gasteiger partial charge in [-0.1, -0.05) is 43.7 Å². The molecular weight excluding hydrogens is 280 g/mol. The molecule has 0 radical (unpaired) electrons. The SMILES string of the molecule is O=c1cc(Cl)nc2sc(C3CCCCCCC3)cn12. The van der Waals surface area contributed by atoms with Crippen LogP contribution >= 0.6 is 22.9 Å². The van der Waals surface area contributed by atoms with Gasteiger partial charge in [0.2, 0.25) is 0 Å². The van der Waals surface area contributed by atoms with E-state index in [0.29, 0.717) is 5.92 Å². The fraction of sp³-hybridized carbons (Fsp3) is 0.571. The van der Waals surface area contributed by atoms with Crippen molar-refractivity contribution in [1.82, 2.24) is 9.38 Å². The lowest BCUT2D eigenvalue weighted by Gasteiger charge is -2.17. The zero-order valence-corrected chi connectivity index (χ0v) is 12.3. The van der Waals surface area contributed by atoms with Crippen molar-refractivity contribution in [2.45, 2.75) is 50.9 Å². The Kier molecular flexibility index (Phi) is 3.89. The minimum atomic E-state index is -0.0802. The molecular formula is C14H17ClN2OS. The van der Waals surface area contributed by atoms with Crippen LogP contribution in [-0.2, 0) is 0 Å². The molecule has 2 aromatic rings. The summed E-state index contributed by atoms with van der Waals surface area (Å²) < 4.78 is 1.63. The Morgan fingerprint density at radius 3 is 2.63 bits per heavy atom. The van der Waals surface area contributed by atoms with Crippen LogP contribution in [0.3, 0.4) is 0 Å². The van der Waals surface area contributed by atoms with Gasteiger partial charge in [-0.3, -0.25) is 9.20 Å². The van der Waals surface area contributed by atoms with Crippen molar-refractivity contribution >= 4 is 27.9 Å². The lowest BCUT2D eigenvalue weighted by Crippen LogP contribution is -2.10. The summed E-state index contributed by atoms with van der Waals surface area (Å²) in [7, 11) is 0. The summed E-state index contributed by atoms with van der Waals surface area (Å²) in [5.74, 6) is 0.588. The highest BCUT2D eigenvalue weighted by Crippen LogP contribution is 2.34. The molecule has 0 aromatic carbocycles. The minimum absolute atomic E-state index is 0.0802. The summed E-state index contributed by atoms with van der Waals surface area (Å²) in [6.45, 7) is 0. The third kappa shape index (κ3) is 2.84. The summed E-state index contributed by atoms with van der Waals surface area (Å²) in [6.07, 6.45) is 11.1. The molecule has 0 saturated heterocycles. The predicted molar refractivity (Wildman–Crippen MR) is 79.4 cm³/mol. The average Bonchev–Trinajstić information content (AvgIpc) is 2.72. The Morgan fingerprint density at radius 1 is 1.21 bits per heavy atom. The second-order valence-corrected chi connectivity index (χ2v) is 6.67. The molecule has 1 aliphatic rings. The Balaban J connectivity index is 1.95. The summed E-state index contributed by atoms with van der Waals surface area (Å²) in [5.41, 5.74) is -0.0802. The average molecular weight is 297 g/mol. The second kappa shape index (κ2) is 5.63. The van der Waals surface area contributed by atoms with Gasteiger partial charge in [0.1, 0.15) is 5.15 Å². The molecule has 2 heterocycles. The van der Waals surface area contributed by atoms with E-state index in [9.17, 15) is 4.79 Å². The van der Waals surface area contributed by atoms with E-state index in [1.54, 1.807) is 15.7 Å². The molecule has 3 nitrogen and oxygen atoms in total. The molecule has 1 fully saturated rings. The fourth-order valence-corrected chi connectivity index (χ4v) is 4.20. The van der Waals surface area contributed by atoms with Gasteiger partial charge in [-0.05, 0) is 18.8 Å². The van der Waals surface area contributed by atoms with Crippen molar-refractivity contribution in [1.29, 1.82) is 0 Å². The van der Waals surface area contributed by atoms with Crippen LogP contribution < -0.4 is 5.56 Å². The van der Waals surface area contributed by atoms with Crippen LogP contribution in [0.25, 0.3) is 4.96 Å². The van der Waals surface area contributed by atoms with Crippen LogP contribution in [0.15, 0.2) is 17.1 Å². The van der Waals surface area contributed by atoms with Gasteiger partial charge in [0.05, 0.1) is 0 Å². The largest absolute Gasteiger partial charge is 0.269 e. The molecule has 2 aromatic heterocycles. The number of halogens is 1. The summed E-state index contributed by atoms with van der Waals surface area (Å²) in [5, 5.41) is 0.288. The Hall–Kier alpha value is -0.870. The van der Waals surface area contributed by atoms with Crippen LogP contribution in [-0.4, -0.2) is 9.38 Å². The summed E-state index contributed by atoms with van der Waals surface area (Å²) in [4.78, 5) is 18.1. The molecule has 5 heteroatoms. The van der Waals surface area contributed by atoms with E-state index < -0.39 is 0 Å². The summed E-state index contributed by atoms with van der Waals surface area (Å²) in [6, 6.07) is 1.38. The maximum absolute atomic E-state index is 11.9. The molecule has 0 N–H and O–H groups in total. The number of rotatable bonds is 1. The fourth-order valence-electron chi connectivity index (χ4n) is 2.82. The van der Waals surface area contributed by atoms with E-state index in [-0.39, 0.29) is 10.7 Å². The number of hydrogen-bond donors (Lipinski definition) is 0. The maximum atomic E-state index is 11.9. The van der Waals surface area contributed by atoms with Crippen molar-refractivity contribution in [3.8, 4) is 0 Å². The lowest BCUT2D eigenvalue weighted by atomic mass is 9.90. The first kappa shape index (κ1) is 13.1. The molecule has 0 aliphatic heterocycles. The maximum Gasteiger partial charge on any atom is 0.259 e. The molecule has 3 rings (SSSR count). The van der Waals surface area contributed by atoms with Gasteiger partial charge in [0, 0.05) is 17.1 Å². The normalized spacial score (nSPS) is 18.4. The van der Waals surface area contributed by atoms with Crippen LogP contribution in [0.1, 0.15) is 55.7 Å². The Morgan fingerprint density at radius 2 is 1.89 bits per heavy atom. The van der Waals surface area contributed by atoms with E-state index in [1.807, 2.05) is 6.20 Å². The first-order valence-electron chi connectivity index (χ1n) is 6.93. The standard InChI is InChI=1S/C14H17ClN2OS/c15-12-8-13(18)17-9-11(19-14(17)16-12)10-6-4-2-1-3-5-7-10/h8-10H,1-7H2. The number of fused-ring (bicyclic) bond motifs is 1. The molecule has 19 heavy (non-hydrogen) atoms.